The quantitative estimate of drug-likeness (QED) is 0.705. The molecule has 0 aromatic rings. The first-order valence-corrected chi connectivity index (χ1v) is 5.95. The lowest BCUT2D eigenvalue weighted by atomic mass is 9.78. The molecule has 2 rings (SSSR count). The van der Waals surface area contributed by atoms with Crippen LogP contribution in [0.2, 0.25) is 0 Å². The van der Waals surface area contributed by atoms with Crippen LogP contribution in [0.15, 0.2) is 0 Å². The van der Waals surface area contributed by atoms with E-state index < -0.39 is 5.60 Å². The maximum Gasteiger partial charge on any atom is 0.0670 e. The van der Waals surface area contributed by atoms with Gasteiger partial charge in [-0.15, -0.1) is 0 Å². The van der Waals surface area contributed by atoms with Gasteiger partial charge in [0.1, 0.15) is 0 Å². The molecule has 0 aromatic heterocycles. The fourth-order valence-corrected chi connectivity index (χ4v) is 3.11. The number of rotatable bonds is 2. The summed E-state index contributed by atoms with van der Waals surface area (Å²) in [6, 6.07) is 0. The molecule has 2 N–H and O–H groups in total. The van der Waals surface area contributed by atoms with Gasteiger partial charge < -0.3 is 10.4 Å². The molecule has 0 bridgehead atoms. The molecule has 1 aliphatic heterocycles. The molecule has 0 aromatic carbocycles. The summed E-state index contributed by atoms with van der Waals surface area (Å²) in [5.41, 5.74) is -0.454. The van der Waals surface area contributed by atoms with Crippen molar-refractivity contribution in [3.05, 3.63) is 0 Å². The predicted molar refractivity (Wildman–Crippen MR) is 58.0 cm³/mol. The van der Waals surface area contributed by atoms with Crippen LogP contribution in [0.25, 0.3) is 0 Å². The van der Waals surface area contributed by atoms with Crippen molar-refractivity contribution in [1.82, 2.24) is 5.32 Å². The van der Waals surface area contributed by atoms with Crippen molar-refractivity contribution in [3.8, 4) is 0 Å². The zero-order valence-corrected chi connectivity index (χ0v) is 9.59. The highest BCUT2D eigenvalue weighted by Crippen LogP contribution is 2.45. The molecule has 2 heteroatoms. The molecule has 2 unspecified atom stereocenters. The van der Waals surface area contributed by atoms with Gasteiger partial charge in [0.25, 0.3) is 0 Å². The van der Waals surface area contributed by atoms with E-state index in [1.54, 1.807) is 0 Å². The van der Waals surface area contributed by atoms with Gasteiger partial charge >= 0.3 is 0 Å². The summed E-state index contributed by atoms with van der Waals surface area (Å²) in [7, 11) is 0. The fraction of sp³-hybridized carbons (Fsp3) is 1.00. The molecule has 4 atom stereocenters. The number of nitrogens with one attached hydrogen (secondary N) is 1. The van der Waals surface area contributed by atoms with Gasteiger partial charge in [-0.25, -0.2) is 0 Å². The second-order valence-electron chi connectivity index (χ2n) is 5.73. The Labute approximate surface area is 87.1 Å². The van der Waals surface area contributed by atoms with Crippen LogP contribution >= 0.6 is 0 Å². The van der Waals surface area contributed by atoms with Crippen molar-refractivity contribution in [2.45, 2.75) is 39.2 Å². The van der Waals surface area contributed by atoms with Crippen molar-refractivity contribution < 1.29 is 5.11 Å². The van der Waals surface area contributed by atoms with Crippen LogP contribution in [0.1, 0.15) is 33.6 Å². The monoisotopic (exact) mass is 197 g/mol. The molecule has 0 amide bonds. The van der Waals surface area contributed by atoms with Gasteiger partial charge in [0.15, 0.2) is 0 Å². The van der Waals surface area contributed by atoms with Gasteiger partial charge in [-0.05, 0) is 56.5 Å². The third-order valence-corrected chi connectivity index (χ3v) is 4.65. The van der Waals surface area contributed by atoms with Gasteiger partial charge in [0.2, 0.25) is 0 Å². The largest absolute Gasteiger partial charge is 0.390 e. The molecular formula is C12H23NO. The van der Waals surface area contributed by atoms with Crippen molar-refractivity contribution in [2.75, 3.05) is 13.1 Å². The summed E-state index contributed by atoms with van der Waals surface area (Å²) in [6.45, 7) is 8.64. The van der Waals surface area contributed by atoms with E-state index in [0.29, 0.717) is 11.8 Å². The highest BCUT2D eigenvalue weighted by molar-refractivity contribution is 4.97. The van der Waals surface area contributed by atoms with Crippen LogP contribution in [0, 0.1) is 23.7 Å². The van der Waals surface area contributed by atoms with Crippen LogP contribution in [-0.2, 0) is 0 Å². The molecule has 0 radical (unpaired) electrons. The summed E-state index contributed by atoms with van der Waals surface area (Å²) in [5, 5.41) is 13.9. The van der Waals surface area contributed by atoms with E-state index in [9.17, 15) is 5.11 Å². The maximum absolute atomic E-state index is 10.4. The molecule has 1 heterocycles. The average Bonchev–Trinajstić information content (AvgIpc) is 2.60. The topological polar surface area (TPSA) is 32.3 Å². The highest BCUT2D eigenvalue weighted by atomic mass is 16.3. The van der Waals surface area contributed by atoms with Gasteiger partial charge in [-0.2, -0.15) is 0 Å². The van der Waals surface area contributed by atoms with Gasteiger partial charge in [-0.1, -0.05) is 13.8 Å². The summed E-state index contributed by atoms with van der Waals surface area (Å²) in [5.74, 6) is 2.58. The summed E-state index contributed by atoms with van der Waals surface area (Å²) < 4.78 is 0. The van der Waals surface area contributed by atoms with Crippen molar-refractivity contribution >= 4 is 0 Å². The minimum absolute atomic E-state index is 0.374. The van der Waals surface area contributed by atoms with Gasteiger partial charge in [-0.3, -0.25) is 0 Å². The van der Waals surface area contributed by atoms with Crippen molar-refractivity contribution in [3.63, 3.8) is 0 Å². The van der Waals surface area contributed by atoms with Crippen LogP contribution in [0.5, 0.6) is 0 Å². The van der Waals surface area contributed by atoms with Crippen LogP contribution in [0.4, 0.5) is 0 Å². The molecule has 14 heavy (non-hydrogen) atoms. The Morgan fingerprint density at radius 3 is 2.14 bits per heavy atom. The molecule has 0 spiro atoms. The summed E-state index contributed by atoms with van der Waals surface area (Å²) in [6.07, 6.45) is 2.45. The SMILES string of the molecule is CC(C)C(C)(O)C1C[C@H]2CNC[C@H]2C1. The Morgan fingerprint density at radius 2 is 1.71 bits per heavy atom. The molecule has 1 saturated heterocycles. The van der Waals surface area contributed by atoms with E-state index in [1.165, 1.54) is 25.9 Å². The summed E-state index contributed by atoms with van der Waals surface area (Å²) in [4.78, 5) is 0. The van der Waals surface area contributed by atoms with Crippen LogP contribution in [-0.4, -0.2) is 23.8 Å². The van der Waals surface area contributed by atoms with E-state index in [-0.39, 0.29) is 0 Å². The number of fused-ring (bicyclic) bond motifs is 1. The fourth-order valence-electron chi connectivity index (χ4n) is 3.11. The van der Waals surface area contributed by atoms with E-state index >= 15 is 0 Å². The maximum atomic E-state index is 10.4. The molecular weight excluding hydrogens is 174 g/mol. The Bertz CT molecular complexity index is 200. The lowest BCUT2D eigenvalue weighted by Gasteiger charge is -2.34. The second-order valence-corrected chi connectivity index (χ2v) is 5.73. The average molecular weight is 197 g/mol. The Kier molecular flexibility index (Phi) is 2.61. The van der Waals surface area contributed by atoms with E-state index in [0.717, 1.165) is 11.8 Å². The normalized spacial score (nSPS) is 41.4. The van der Waals surface area contributed by atoms with E-state index in [2.05, 4.69) is 19.2 Å². The predicted octanol–water partition coefficient (Wildman–Crippen LogP) is 1.64. The second kappa shape index (κ2) is 3.49. The first kappa shape index (κ1) is 10.4. The highest BCUT2D eigenvalue weighted by Gasteiger charge is 2.45. The minimum atomic E-state index is -0.454. The first-order valence-electron chi connectivity index (χ1n) is 5.95. The van der Waals surface area contributed by atoms with Crippen molar-refractivity contribution in [2.24, 2.45) is 23.7 Å². The van der Waals surface area contributed by atoms with E-state index in [4.69, 9.17) is 0 Å². The molecule has 2 fully saturated rings. The third kappa shape index (κ3) is 1.59. The Hall–Kier alpha value is -0.0800. The molecule has 1 saturated carbocycles. The van der Waals surface area contributed by atoms with Gasteiger partial charge in [0, 0.05) is 0 Å². The third-order valence-electron chi connectivity index (χ3n) is 4.65. The lowest BCUT2D eigenvalue weighted by Crippen LogP contribution is -2.39. The smallest absolute Gasteiger partial charge is 0.0670 e. The Morgan fingerprint density at radius 1 is 1.21 bits per heavy atom. The van der Waals surface area contributed by atoms with Crippen LogP contribution < -0.4 is 5.32 Å². The number of hydrogen-bond acceptors (Lipinski definition) is 2. The summed E-state index contributed by atoms with van der Waals surface area (Å²) >= 11 is 0. The number of hydrogen-bond donors (Lipinski definition) is 2. The first-order chi connectivity index (χ1) is 6.51. The van der Waals surface area contributed by atoms with E-state index in [1.807, 2.05) is 6.92 Å². The molecule has 1 aliphatic carbocycles. The Balaban J connectivity index is 2.01. The molecule has 82 valence electrons. The zero-order chi connectivity index (χ0) is 10.3. The lowest BCUT2D eigenvalue weighted by molar-refractivity contribution is -0.0421. The minimum Gasteiger partial charge on any atom is -0.390 e. The molecule has 2 aliphatic rings. The standard InChI is InChI=1S/C12H23NO/c1-8(2)12(3,14)11-4-9-6-13-7-10(9)5-11/h8-11,13-14H,4-7H2,1-3H3/t9-,10+,11?,12?. The molecule has 2 nitrogen and oxygen atoms in total. The van der Waals surface area contributed by atoms with Crippen LogP contribution in [0.3, 0.4) is 0 Å². The van der Waals surface area contributed by atoms with Crippen molar-refractivity contribution in [1.29, 1.82) is 0 Å². The number of aliphatic hydroxyl groups is 1. The zero-order valence-electron chi connectivity index (χ0n) is 9.59. The van der Waals surface area contributed by atoms with Gasteiger partial charge in [0.05, 0.1) is 5.60 Å².